The number of hydrogen-bond donors (Lipinski definition) is 2. The number of hydrogen-bond acceptors (Lipinski definition) is 2. The van der Waals surface area contributed by atoms with Gasteiger partial charge in [0.1, 0.15) is 5.75 Å². The molecular weight excluding hydrogens is 274 g/mol. The molecule has 2 N–H and O–H groups in total. The molecule has 0 spiro atoms. The SMILES string of the molecule is CC(C)CNC(=O)c1ccc2c(ccc3ccccc32)c1O. The molecule has 0 radical (unpaired) electrons. The average molecular weight is 293 g/mol. The minimum Gasteiger partial charge on any atom is -0.506 e. The van der Waals surface area contributed by atoms with Crippen LogP contribution in [-0.2, 0) is 0 Å². The lowest BCUT2D eigenvalue weighted by molar-refractivity contribution is 0.0946. The van der Waals surface area contributed by atoms with Crippen molar-refractivity contribution in [3.8, 4) is 5.75 Å². The molecule has 3 rings (SSSR count). The number of phenolic OH excluding ortho intramolecular Hbond substituents is 1. The fourth-order valence-corrected chi connectivity index (χ4v) is 2.65. The summed E-state index contributed by atoms with van der Waals surface area (Å²) < 4.78 is 0. The van der Waals surface area contributed by atoms with Gasteiger partial charge in [0.25, 0.3) is 5.91 Å². The van der Waals surface area contributed by atoms with Gasteiger partial charge in [-0.3, -0.25) is 4.79 Å². The molecule has 0 aliphatic carbocycles. The number of phenols is 1. The van der Waals surface area contributed by atoms with Gasteiger partial charge in [0.2, 0.25) is 0 Å². The predicted octanol–water partition coefficient (Wildman–Crippen LogP) is 4.08. The maximum Gasteiger partial charge on any atom is 0.255 e. The number of carbonyl (C=O) groups excluding carboxylic acids is 1. The number of nitrogens with one attached hydrogen (secondary N) is 1. The maximum atomic E-state index is 12.2. The molecule has 0 saturated carbocycles. The Morgan fingerprint density at radius 2 is 1.73 bits per heavy atom. The van der Waals surface area contributed by atoms with Crippen LogP contribution in [-0.4, -0.2) is 17.6 Å². The van der Waals surface area contributed by atoms with Crippen molar-refractivity contribution >= 4 is 27.5 Å². The smallest absolute Gasteiger partial charge is 0.255 e. The van der Waals surface area contributed by atoms with Crippen molar-refractivity contribution < 1.29 is 9.90 Å². The lowest BCUT2D eigenvalue weighted by Gasteiger charge is -2.11. The molecule has 0 aliphatic heterocycles. The summed E-state index contributed by atoms with van der Waals surface area (Å²) >= 11 is 0. The highest BCUT2D eigenvalue weighted by Crippen LogP contribution is 2.33. The first-order chi connectivity index (χ1) is 10.6. The van der Waals surface area contributed by atoms with E-state index in [1.54, 1.807) is 6.07 Å². The van der Waals surface area contributed by atoms with Crippen LogP contribution in [0.1, 0.15) is 24.2 Å². The van der Waals surface area contributed by atoms with Crippen LogP contribution in [0.4, 0.5) is 0 Å². The quantitative estimate of drug-likeness (QED) is 0.715. The van der Waals surface area contributed by atoms with E-state index in [2.05, 4.69) is 5.32 Å². The van der Waals surface area contributed by atoms with Gasteiger partial charge in [-0.2, -0.15) is 0 Å². The summed E-state index contributed by atoms with van der Waals surface area (Å²) in [5.41, 5.74) is 0.323. The van der Waals surface area contributed by atoms with Crippen molar-refractivity contribution in [2.75, 3.05) is 6.54 Å². The van der Waals surface area contributed by atoms with E-state index in [4.69, 9.17) is 0 Å². The topological polar surface area (TPSA) is 49.3 Å². The molecule has 112 valence electrons. The highest BCUT2D eigenvalue weighted by atomic mass is 16.3. The molecule has 3 nitrogen and oxygen atoms in total. The van der Waals surface area contributed by atoms with Crippen molar-refractivity contribution in [2.45, 2.75) is 13.8 Å². The minimum atomic E-state index is -0.235. The fraction of sp³-hybridized carbons (Fsp3) is 0.211. The Balaban J connectivity index is 2.10. The van der Waals surface area contributed by atoms with E-state index in [0.717, 1.165) is 16.2 Å². The molecule has 3 aromatic rings. The number of rotatable bonds is 3. The summed E-state index contributed by atoms with van der Waals surface area (Å²) in [6.07, 6.45) is 0. The molecule has 0 fully saturated rings. The summed E-state index contributed by atoms with van der Waals surface area (Å²) in [6.45, 7) is 4.66. The van der Waals surface area contributed by atoms with E-state index in [9.17, 15) is 9.90 Å². The van der Waals surface area contributed by atoms with Gasteiger partial charge >= 0.3 is 0 Å². The third-order valence-corrected chi connectivity index (χ3v) is 3.81. The van der Waals surface area contributed by atoms with Gasteiger partial charge in [-0.15, -0.1) is 0 Å². The van der Waals surface area contributed by atoms with E-state index in [0.29, 0.717) is 23.4 Å². The number of benzene rings is 3. The first kappa shape index (κ1) is 14.4. The van der Waals surface area contributed by atoms with Crippen LogP contribution >= 0.6 is 0 Å². The van der Waals surface area contributed by atoms with Crippen molar-refractivity contribution in [1.29, 1.82) is 0 Å². The van der Waals surface area contributed by atoms with Crippen LogP contribution in [0.25, 0.3) is 21.5 Å². The Morgan fingerprint density at radius 1 is 1.00 bits per heavy atom. The summed E-state index contributed by atoms with van der Waals surface area (Å²) in [4.78, 5) is 12.2. The molecule has 0 bridgehead atoms. The molecule has 0 unspecified atom stereocenters. The lowest BCUT2D eigenvalue weighted by atomic mass is 9.99. The molecular formula is C19H19NO2. The molecule has 0 saturated heterocycles. The van der Waals surface area contributed by atoms with Crippen molar-refractivity contribution in [2.24, 2.45) is 5.92 Å². The molecule has 0 aliphatic rings. The van der Waals surface area contributed by atoms with Gasteiger partial charge in [0.05, 0.1) is 5.56 Å². The van der Waals surface area contributed by atoms with E-state index in [-0.39, 0.29) is 11.7 Å². The van der Waals surface area contributed by atoms with Crippen LogP contribution in [0, 0.1) is 5.92 Å². The number of aromatic hydroxyl groups is 1. The Hall–Kier alpha value is -2.55. The monoisotopic (exact) mass is 293 g/mol. The van der Waals surface area contributed by atoms with Gasteiger partial charge < -0.3 is 10.4 Å². The van der Waals surface area contributed by atoms with Crippen LogP contribution in [0.3, 0.4) is 0 Å². The number of fused-ring (bicyclic) bond motifs is 3. The zero-order valence-electron chi connectivity index (χ0n) is 12.8. The largest absolute Gasteiger partial charge is 0.506 e. The first-order valence-corrected chi connectivity index (χ1v) is 7.49. The first-order valence-electron chi connectivity index (χ1n) is 7.49. The Morgan fingerprint density at radius 3 is 2.50 bits per heavy atom. The van der Waals surface area contributed by atoms with E-state index >= 15 is 0 Å². The second kappa shape index (κ2) is 5.68. The van der Waals surface area contributed by atoms with Gasteiger partial charge in [-0.05, 0) is 34.2 Å². The highest BCUT2D eigenvalue weighted by molar-refractivity contribution is 6.12. The van der Waals surface area contributed by atoms with Gasteiger partial charge in [-0.1, -0.05) is 50.2 Å². The lowest BCUT2D eigenvalue weighted by Crippen LogP contribution is -2.27. The Kier molecular flexibility index (Phi) is 3.72. The summed E-state index contributed by atoms with van der Waals surface area (Å²) in [6, 6.07) is 15.5. The molecule has 22 heavy (non-hydrogen) atoms. The van der Waals surface area contributed by atoms with E-state index < -0.39 is 0 Å². The van der Waals surface area contributed by atoms with Crippen molar-refractivity contribution in [1.82, 2.24) is 5.32 Å². The molecule has 0 heterocycles. The van der Waals surface area contributed by atoms with Crippen LogP contribution in [0.5, 0.6) is 5.75 Å². The summed E-state index contributed by atoms with van der Waals surface area (Å²) in [5.74, 6) is 0.182. The fourth-order valence-electron chi connectivity index (χ4n) is 2.65. The number of carbonyl (C=O) groups is 1. The molecule has 3 heteroatoms. The number of amides is 1. The van der Waals surface area contributed by atoms with Crippen molar-refractivity contribution in [3.63, 3.8) is 0 Å². The summed E-state index contributed by atoms with van der Waals surface area (Å²) in [5, 5.41) is 17.2. The van der Waals surface area contributed by atoms with E-state index in [1.807, 2.05) is 56.3 Å². The van der Waals surface area contributed by atoms with Gasteiger partial charge in [-0.25, -0.2) is 0 Å². The van der Waals surface area contributed by atoms with Gasteiger partial charge in [0.15, 0.2) is 0 Å². The van der Waals surface area contributed by atoms with Crippen molar-refractivity contribution in [3.05, 3.63) is 54.1 Å². The zero-order chi connectivity index (χ0) is 15.7. The van der Waals surface area contributed by atoms with Crippen LogP contribution < -0.4 is 5.32 Å². The second-order valence-corrected chi connectivity index (χ2v) is 5.95. The standard InChI is InChI=1S/C19H19NO2/c1-12(2)11-20-19(22)17-10-9-15-14-6-4-3-5-13(14)7-8-16(15)18(17)21/h3-10,12,21H,11H2,1-2H3,(H,20,22). The highest BCUT2D eigenvalue weighted by Gasteiger charge is 2.14. The normalized spacial score (nSPS) is 11.2. The van der Waals surface area contributed by atoms with Crippen LogP contribution in [0.2, 0.25) is 0 Å². The van der Waals surface area contributed by atoms with Gasteiger partial charge in [0, 0.05) is 11.9 Å². The average Bonchev–Trinajstić information content (AvgIpc) is 2.52. The molecule has 0 aromatic heterocycles. The maximum absolute atomic E-state index is 12.2. The van der Waals surface area contributed by atoms with Crippen LogP contribution in [0.15, 0.2) is 48.5 Å². The Labute approximate surface area is 129 Å². The Bertz CT molecular complexity index is 853. The van der Waals surface area contributed by atoms with E-state index in [1.165, 1.54) is 0 Å². The predicted molar refractivity (Wildman–Crippen MR) is 90.3 cm³/mol. The second-order valence-electron chi connectivity index (χ2n) is 5.95. The molecule has 0 atom stereocenters. The minimum absolute atomic E-state index is 0.0458. The third-order valence-electron chi connectivity index (χ3n) is 3.81. The molecule has 1 amide bonds. The zero-order valence-corrected chi connectivity index (χ0v) is 12.8. The summed E-state index contributed by atoms with van der Waals surface area (Å²) in [7, 11) is 0. The third kappa shape index (κ3) is 2.50. The molecule has 3 aromatic carbocycles.